The third-order valence-corrected chi connectivity index (χ3v) is 3.84. The summed E-state index contributed by atoms with van der Waals surface area (Å²) in [7, 11) is 2.19. The van der Waals surface area contributed by atoms with Crippen molar-refractivity contribution in [1.29, 1.82) is 0 Å². The lowest BCUT2D eigenvalue weighted by atomic mass is 10.3. The average Bonchev–Trinajstić information content (AvgIpc) is 2.63. The zero-order valence-corrected chi connectivity index (χ0v) is 11.7. The van der Waals surface area contributed by atoms with E-state index >= 15 is 0 Å². The van der Waals surface area contributed by atoms with Gasteiger partial charge in [0, 0.05) is 22.3 Å². The van der Waals surface area contributed by atoms with E-state index < -0.39 is 0 Å². The van der Waals surface area contributed by atoms with Gasteiger partial charge in [0.25, 0.3) is 0 Å². The van der Waals surface area contributed by atoms with Crippen molar-refractivity contribution in [2.75, 3.05) is 20.1 Å². The molecule has 0 bridgehead atoms. The van der Waals surface area contributed by atoms with E-state index in [0.29, 0.717) is 6.04 Å². The van der Waals surface area contributed by atoms with Crippen LogP contribution in [0.25, 0.3) is 0 Å². The molecule has 1 N–H and O–H groups in total. The first-order valence-electron chi connectivity index (χ1n) is 6.06. The minimum atomic E-state index is 0.653. The Morgan fingerprint density at radius 1 is 1.38 bits per heavy atom. The Kier molecular flexibility index (Phi) is 6.03. The topological polar surface area (TPSA) is 15.3 Å². The fraction of sp³-hybridized carbons (Fsp3) is 0.692. The predicted molar refractivity (Wildman–Crippen MR) is 73.1 cm³/mol. The van der Waals surface area contributed by atoms with Gasteiger partial charge in [-0.1, -0.05) is 0 Å². The van der Waals surface area contributed by atoms with Gasteiger partial charge in [-0.05, 0) is 59.5 Å². The third kappa shape index (κ3) is 5.10. The highest BCUT2D eigenvalue weighted by molar-refractivity contribution is 7.11. The van der Waals surface area contributed by atoms with Gasteiger partial charge in [-0.25, -0.2) is 0 Å². The molecule has 92 valence electrons. The van der Waals surface area contributed by atoms with Crippen LogP contribution in [-0.2, 0) is 6.54 Å². The second-order valence-electron chi connectivity index (χ2n) is 4.62. The molecule has 0 saturated heterocycles. The first kappa shape index (κ1) is 13.7. The van der Waals surface area contributed by atoms with Gasteiger partial charge in [0.05, 0.1) is 0 Å². The van der Waals surface area contributed by atoms with Gasteiger partial charge < -0.3 is 10.2 Å². The van der Waals surface area contributed by atoms with Gasteiger partial charge in [0.1, 0.15) is 0 Å². The van der Waals surface area contributed by atoms with E-state index in [9.17, 15) is 0 Å². The molecule has 0 unspecified atom stereocenters. The van der Waals surface area contributed by atoms with Crippen LogP contribution in [0.1, 0.15) is 30.0 Å². The molecular weight excluding hydrogens is 216 g/mol. The van der Waals surface area contributed by atoms with E-state index in [2.05, 4.69) is 50.2 Å². The fourth-order valence-corrected chi connectivity index (χ4v) is 2.36. The number of thiophene rings is 1. The summed E-state index contributed by atoms with van der Waals surface area (Å²) in [5.41, 5.74) is 0. The first-order valence-corrected chi connectivity index (χ1v) is 6.87. The summed E-state index contributed by atoms with van der Waals surface area (Å²) in [6, 6.07) is 5.06. The van der Waals surface area contributed by atoms with E-state index in [1.807, 2.05) is 11.3 Å². The summed E-state index contributed by atoms with van der Waals surface area (Å²) < 4.78 is 0. The highest BCUT2D eigenvalue weighted by Gasteiger charge is 2.01. The van der Waals surface area contributed by atoms with Crippen LogP contribution in [0.2, 0.25) is 0 Å². The Morgan fingerprint density at radius 2 is 2.12 bits per heavy atom. The van der Waals surface area contributed by atoms with Crippen molar-refractivity contribution in [3.63, 3.8) is 0 Å². The maximum absolute atomic E-state index is 3.49. The number of hydrogen-bond acceptors (Lipinski definition) is 3. The van der Waals surface area contributed by atoms with Gasteiger partial charge in [-0.15, -0.1) is 11.3 Å². The Labute approximate surface area is 104 Å². The summed E-state index contributed by atoms with van der Waals surface area (Å²) >= 11 is 1.88. The standard InChI is InChI=1S/C13H24N2S/c1-11(2)15(4)9-5-8-14-10-13-7-6-12(3)16-13/h6-7,11,14H,5,8-10H2,1-4H3. The van der Waals surface area contributed by atoms with Gasteiger partial charge in [0.2, 0.25) is 0 Å². The summed E-state index contributed by atoms with van der Waals surface area (Å²) in [5.74, 6) is 0. The zero-order valence-electron chi connectivity index (χ0n) is 10.9. The molecule has 0 spiro atoms. The molecule has 0 amide bonds. The van der Waals surface area contributed by atoms with E-state index in [-0.39, 0.29) is 0 Å². The van der Waals surface area contributed by atoms with Gasteiger partial charge in [-0.3, -0.25) is 0 Å². The SMILES string of the molecule is Cc1ccc(CNCCCN(C)C(C)C)s1. The summed E-state index contributed by atoms with van der Waals surface area (Å²) in [4.78, 5) is 5.22. The summed E-state index contributed by atoms with van der Waals surface area (Å²) in [5, 5.41) is 3.49. The van der Waals surface area contributed by atoms with Crippen molar-refractivity contribution >= 4 is 11.3 Å². The van der Waals surface area contributed by atoms with Crippen LogP contribution in [0, 0.1) is 6.92 Å². The zero-order chi connectivity index (χ0) is 12.0. The molecule has 1 aromatic heterocycles. The Bertz CT molecular complexity index is 294. The molecular formula is C13H24N2S. The number of rotatable bonds is 7. The van der Waals surface area contributed by atoms with E-state index in [4.69, 9.17) is 0 Å². The van der Waals surface area contributed by atoms with Crippen LogP contribution >= 0.6 is 11.3 Å². The van der Waals surface area contributed by atoms with Gasteiger partial charge in [-0.2, -0.15) is 0 Å². The maximum atomic E-state index is 3.49. The quantitative estimate of drug-likeness (QED) is 0.737. The molecule has 0 fully saturated rings. The maximum Gasteiger partial charge on any atom is 0.0299 e. The third-order valence-electron chi connectivity index (χ3n) is 2.84. The number of nitrogens with one attached hydrogen (secondary N) is 1. The summed E-state index contributed by atoms with van der Waals surface area (Å²) in [6.07, 6.45) is 1.22. The lowest BCUT2D eigenvalue weighted by molar-refractivity contribution is 0.269. The molecule has 0 atom stereocenters. The predicted octanol–water partition coefficient (Wildman–Crippen LogP) is 2.88. The highest BCUT2D eigenvalue weighted by atomic mass is 32.1. The molecule has 2 nitrogen and oxygen atoms in total. The van der Waals surface area contributed by atoms with Crippen molar-refractivity contribution in [1.82, 2.24) is 10.2 Å². The lowest BCUT2D eigenvalue weighted by Crippen LogP contribution is -2.29. The second-order valence-corrected chi connectivity index (χ2v) is 5.99. The van der Waals surface area contributed by atoms with Crippen LogP contribution in [0.5, 0.6) is 0 Å². The number of hydrogen-bond donors (Lipinski definition) is 1. The largest absolute Gasteiger partial charge is 0.312 e. The van der Waals surface area contributed by atoms with Gasteiger partial charge >= 0.3 is 0 Å². The number of aryl methyl sites for hydroxylation is 1. The smallest absolute Gasteiger partial charge is 0.0299 e. The van der Waals surface area contributed by atoms with Crippen LogP contribution in [0.15, 0.2) is 12.1 Å². The normalized spacial score (nSPS) is 11.6. The fourth-order valence-electron chi connectivity index (χ4n) is 1.50. The van der Waals surface area contributed by atoms with E-state index in [0.717, 1.165) is 13.1 Å². The molecule has 1 rings (SSSR count). The van der Waals surface area contributed by atoms with Crippen LogP contribution in [0.4, 0.5) is 0 Å². The Morgan fingerprint density at radius 3 is 2.69 bits per heavy atom. The first-order chi connectivity index (χ1) is 7.59. The van der Waals surface area contributed by atoms with Crippen molar-refractivity contribution in [3.8, 4) is 0 Å². The van der Waals surface area contributed by atoms with Crippen molar-refractivity contribution in [2.24, 2.45) is 0 Å². The minimum Gasteiger partial charge on any atom is -0.312 e. The van der Waals surface area contributed by atoms with E-state index in [1.165, 1.54) is 22.7 Å². The molecule has 0 aliphatic carbocycles. The molecule has 0 aliphatic heterocycles. The monoisotopic (exact) mass is 240 g/mol. The van der Waals surface area contributed by atoms with Crippen molar-refractivity contribution in [2.45, 2.75) is 39.8 Å². The average molecular weight is 240 g/mol. The molecule has 1 aromatic rings. The molecule has 3 heteroatoms. The second kappa shape index (κ2) is 7.05. The number of nitrogens with zero attached hydrogens (tertiary/aromatic N) is 1. The molecule has 0 aliphatic rings. The molecule has 16 heavy (non-hydrogen) atoms. The Hall–Kier alpha value is -0.380. The van der Waals surface area contributed by atoms with E-state index in [1.54, 1.807) is 0 Å². The van der Waals surface area contributed by atoms with Crippen LogP contribution in [0.3, 0.4) is 0 Å². The molecule has 0 saturated carbocycles. The van der Waals surface area contributed by atoms with Crippen LogP contribution in [-0.4, -0.2) is 31.1 Å². The van der Waals surface area contributed by atoms with Crippen molar-refractivity contribution in [3.05, 3.63) is 21.9 Å². The molecule has 0 radical (unpaired) electrons. The van der Waals surface area contributed by atoms with Gasteiger partial charge in [0.15, 0.2) is 0 Å². The molecule has 0 aromatic carbocycles. The van der Waals surface area contributed by atoms with Crippen LogP contribution < -0.4 is 5.32 Å². The highest BCUT2D eigenvalue weighted by Crippen LogP contribution is 2.14. The summed E-state index contributed by atoms with van der Waals surface area (Å²) in [6.45, 7) is 9.93. The van der Waals surface area contributed by atoms with Crippen molar-refractivity contribution < 1.29 is 0 Å². The minimum absolute atomic E-state index is 0.653. The molecule has 1 heterocycles. The Balaban J connectivity index is 2.04. The lowest BCUT2D eigenvalue weighted by Gasteiger charge is -2.20.